The Kier molecular flexibility index (Phi) is 11.3. The molecule has 7 nitrogen and oxygen atoms in total. The molecule has 0 fully saturated rings. The lowest BCUT2D eigenvalue weighted by atomic mass is 10.1. The number of nitrogens with zero attached hydrogens (tertiary/aromatic N) is 4. The van der Waals surface area contributed by atoms with Crippen LogP contribution in [0.3, 0.4) is 0 Å². The minimum Gasteiger partial charge on any atom is -0.475 e. The maximum Gasteiger partial charge on any atom is 0.213 e. The maximum absolute atomic E-state index is 5.93. The van der Waals surface area contributed by atoms with Crippen LogP contribution < -0.4 is 20.3 Å². The largest absolute Gasteiger partial charge is 0.475 e. The van der Waals surface area contributed by atoms with Crippen molar-refractivity contribution in [3.05, 3.63) is 35.0 Å². The highest BCUT2D eigenvalue weighted by Gasteiger charge is 2.09. The third-order valence-corrected chi connectivity index (χ3v) is 5.02. The number of pyridine rings is 1. The van der Waals surface area contributed by atoms with Crippen molar-refractivity contribution >= 4 is 46.4 Å². The van der Waals surface area contributed by atoms with E-state index >= 15 is 0 Å². The second-order valence-corrected chi connectivity index (χ2v) is 8.19. The minimum absolute atomic E-state index is 0. The van der Waals surface area contributed by atoms with Gasteiger partial charge >= 0.3 is 0 Å². The highest BCUT2D eigenvalue weighted by atomic mass is 127. The molecule has 162 valence electrons. The second-order valence-electron chi connectivity index (χ2n) is 7.36. The first kappa shape index (κ1) is 25.4. The first-order chi connectivity index (χ1) is 13.4. The number of halogens is 1. The molecule has 0 radical (unpaired) electrons. The molecule has 1 atom stereocenters. The smallest absolute Gasteiger partial charge is 0.213 e. The van der Waals surface area contributed by atoms with Crippen LogP contribution in [0.1, 0.15) is 38.4 Å². The summed E-state index contributed by atoms with van der Waals surface area (Å²) in [4.78, 5) is 15.2. The summed E-state index contributed by atoms with van der Waals surface area (Å²) in [6.07, 6.45) is 2.94. The molecule has 2 rings (SSSR count). The standard InChI is InChI=1S/C20H32N6OS.HI/c1-14(2)9-15(3)27-18-10-16(7-8-22-18)11-23-19(21-4)24-12-17-13-28-20(25-17)26(5)6;/h7-8,10,13-15H,9,11-12H2,1-6H3,(H2,21,23,24);1H. The van der Waals surface area contributed by atoms with Crippen molar-refractivity contribution in [3.63, 3.8) is 0 Å². The maximum atomic E-state index is 5.93. The predicted octanol–water partition coefficient (Wildman–Crippen LogP) is 3.90. The van der Waals surface area contributed by atoms with Crippen molar-refractivity contribution in [2.24, 2.45) is 10.9 Å². The number of anilines is 1. The third kappa shape index (κ3) is 9.16. The number of hydrogen-bond acceptors (Lipinski definition) is 6. The van der Waals surface area contributed by atoms with Crippen LogP contribution in [0.5, 0.6) is 5.88 Å². The van der Waals surface area contributed by atoms with E-state index in [4.69, 9.17) is 4.74 Å². The molecule has 0 aliphatic rings. The van der Waals surface area contributed by atoms with Gasteiger partial charge in [0.1, 0.15) is 0 Å². The fraction of sp³-hybridized carbons (Fsp3) is 0.550. The molecular formula is C20H33IN6OS. The van der Waals surface area contributed by atoms with Crippen molar-refractivity contribution in [3.8, 4) is 5.88 Å². The Morgan fingerprint density at radius 3 is 2.59 bits per heavy atom. The van der Waals surface area contributed by atoms with Crippen LogP contribution in [-0.2, 0) is 13.1 Å². The summed E-state index contributed by atoms with van der Waals surface area (Å²) in [5.41, 5.74) is 2.09. The van der Waals surface area contributed by atoms with E-state index in [1.165, 1.54) is 0 Å². The molecule has 2 aromatic heterocycles. The van der Waals surface area contributed by atoms with Gasteiger partial charge in [0.25, 0.3) is 0 Å². The van der Waals surface area contributed by atoms with Crippen molar-refractivity contribution in [1.29, 1.82) is 0 Å². The van der Waals surface area contributed by atoms with E-state index in [0.717, 1.165) is 28.8 Å². The van der Waals surface area contributed by atoms with E-state index in [1.54, 1.807) is 24.6 Å². The van der Waals surface area contributed by atoms with Crippen LogP contribution in [0, 0.1) is 5.92 Å². The van der Waals surface area contributed by atoms with Gasteiger partial charge in [-0.2, -0.15) is 0 Å². The zero-order chi connectivity index (χ0) is 20.5. The number of aromatic nitrogens is 2. The lowest BCUT2D eigenvalue weighted by molar-refractivity contribution is 0.185. The van der Waals surface area contributed by atoms with Crippen molar-refractivity contribution in [2.45, 2.75) is 46.4 Å². The lowest BCUT2D eigenvalue weighted by Gasteiger charge is -2.16. The van der Waals surface area contributed by atoms with Gasteiger partial charge in [-0.05, 0) is 30.9 Å². The zero-order valence-electron chi connectivity index (χ0n) is 18.1. The lowest BCUT2D eigenvalue weighted by Crippen LogP contribution is -2.36. The fourth-order valence-electron chi connectivity index (χ4n) is 2.71. The summed E-state index contributed by atoms with van der Waals surface area (Å²) in [5.74, 6) is 1.99. The number of guanidine groups is 1. The molecule has 2 aromatic rings. The molecule has 0 aromatic carbocycles. The average molecular weight is 532 g/mol. The van der Waals surface area contributed by atoms with Gasteiger partial charge in [0.2, 0.25) is 5.88 Å². The van der Waals surface area contributed by atoms with Crippen molar-refractivity contribution < 1.29 is 4.74 Å². The molecule has 1 unspecified atom stereocenters. The number of hydrogen-bond donors (Lipinski definition) is 2. The number of aliphatic imine (C=N–C) groups is 1. The summed E-state index contributed by atoms with van der Waals surface area (Å²) in [6, 6.07) is 3.95. The average Bonchev–Trinajstić information content (AvgIpc) is 3.11. The van der Waals surface area contributed by atoms with E-state index in [2.05, 4.69) is 51.7 Å². The van der Waals surface area contributed by atoms with Crippen LogP contribution in [0.15, 0.2) is 28.7 Å². The molecule has 0 saturated carbocycles. The normalized spacial score (nSPS) is 12.3. The first-order valence-corrected chi connectivity index (χ1v) is 10.4. The summed E-state index contributed by atoms with van der Waals surface area (Å²) in [5, 5.41) is 9.67. The van der Waals surface area contributed by atoms with Crippen molar-refractivity contribution in [1.82, 2.24) is 20.6 Å². The van der Waals surface area contributed by atoms with Gasteiger partial charge in [0.15, 0.2) is 11.1 Å². The van der Waals surface area contributed by atoms with Crippen LogP contribution in [0.25, 0.3) is 0 Å². The quantitative estimate of drug-likeness (QED) is 0.290. The molecule has 2 N–H and O–H groups in total. The molecule has 0 saturated heterocycles. The zero-order valence-corrected chi connectivity index (χ0v) is 21.2. The minimum atomic E-state index is 0. The molecular weight excluding hydrogens is 499 g/mol. The Balaban J connectivity index is 0.00000420. The molecule has 0 aliphatic heterocycles. The molecule has 0 bridgehead atoms. The number of thiazole rings is 1. The van der Waals surface area contributed by atoms with Crippen LogP contribution in [-0.4, -0.2) is 43.2 Å². The Bertz CT molecular complexity index is 765. The molecule has 0 amide bonds. The van der Waals surface area contributed by atoms with Gasteiger partial charge in [-0.3, -0.25) is 4.99 Å². The summed E-state index contributed by atoms with van der Waals surface area (Å²) < 4.78 is 5.93. The fourth-order valence-corrected chi connectivity index (χ4v) is 3.46. The van der Waals surface area contributed by atoms with Gasteiger partial charge < -0.3 is 20.3 Å². The van der Waals surface area contributed by atoms with E-state index in [9.17, 15) is 0 Å². The van der Waals surface area contributed by atoms with E-state index in [1.807, 2.05) is 31.1 Å². The number of ether oxygens (including phenoxy) is 1. The second kappa shape index (κ2) is 12.8. The van der Waals surface area contributed by atoms with Crippen LogP contribution in [0.2, 0.25) is 0 Å². The highest BCUT2D eigenvalue weighted by molar-refractivity contribution is 14.0. The SMILES string of the molecule is CN=C(NCc1ccnc(OC(C)CC(C)C)c1)NCc1csc(N(C)C)n1.I. The van der Waals surface area contributed by atoms with E-state index in [-0.39, 0.29) is 30.1 Å². The summed E-state index contributed by atoms with van der Waals surface area (Å²) in [6.45, 7) is 7.73. The third-order valence-electron chi connectivity index (χ3n) is 3.97. The molecule has 0 spiro atoms. The van der Waals surface area contributed by atoms with Crippen LogP contribution in [0.4, 0.5) is 5.13 Å². The first-order valence-electron chi connectivity index (χ1n) is 9.55. The molecule has 29 heavy (non-hydrogen) atoms. The highest BCUT2D eigenvalue weighted by Crippen LogP contribution is 2.17. The van der Waals surface area contributed by atoms with Crippen molar-refractivity contribution in [2.75, 3.05) is 26.0 Å². The Labute approximate surface area is 195 Å². The van der Waals surface area contributed by atoms with Gasteiger partial charge in [-0.1, -0.05) is 13.8 Å². The Morgan fingerprint density at radius 1 is 1.24 bits per heavy atom. The summed E-state index contributed by atoms with van der Waals surface area (Å²) >= 11 is 1.63. The topological polar surface area (TPSA) is 74.7 Å². The summed E-state index contributed by atoms with van der Waals surface area (Å²) in [7, 11) is 5.75. The van der Waals surface area contributed by atoms with Gasteiger partial charge in [0.05, 0.1) is 18.3 Å². The Hall–Kier alpha value is -1.62. The molecule has 0 aliphatic carbocycles. The molecule has 2 heterocycles. The Morgan fingerprint density at radius 2 is 1.97 bits per heavy atom. The van der Waals surface area contributed by atoms with Gasteiger partial charge in [-0.15, -0.1) is 35.3 Å². The number of rotatable bonds is 9. The van der Waals surface area contributed by atoms with E-state index in [0.29, 0.717) is 24.9 Å². The van der Waals surface area contributed by atoms with Gasteiger partial charge in [0, 0.05) is 45.3 Å². The van der Waals surface area contributed by atoms with E-state index < -0.39 is 0 Å². The monoisotopic (exact) mass is 532 g/mol. The molecule has 9 heteroatoms. The number of nitrogens with one attached hydrogen (secondary N) is 2. The van der Waals surface area contributed by atoms with Gasteiger partial charge in [-0.25, -0.2) is 9.97 Å². The predicted molar refractivity (Wildman–Crippen MR) is 133 cm³/mol. The van der Waals surface area contributed by atoms with Crippen LogP contribution >= 0.6 is 35.3 Å².